The molecule has 0 radical (unpaired) electrons. The predicted molar refractivity (Wildman–Crippen MR) is 145 cm³/mol. The topological polar surface area (TPSA) is 41.4 Å². The van der Waals surface area contributed by atoms with E-state index in [-0.39, 0.29) is 6.04 Å². The summed E-state index contributed by atoms with van der Waals surface area (Å²) >= 11 is 11.5. The second kappa shape index (κ2) is 8.95. The van der Waals surface area contributed by atoms with E-state index in [0.29, 0.717) is 11.0 Å². The van der Waals surface area contributed by atoms with Gasteiger partial charge in [-0.1, -0.05) is 76.1 Å². The lowest BCUT2D eigenvalue weighted by Crippen LogP contribution is -2.21. The Hall–Kier alpha value is -3.06. The van der Waals surface area contributed by atoms with Crippen LogP contribution in [-0.2, 0) is 0 Å². The molecule has 3 heterocycles. The lowest BCUT2D eigenvalue weighted by Gasteiger charge is -2.23. The molecular weight excluding hydrogens is 528 g/mol. The van der Waals surface area contributed by atoms with Crippen LogP contribution >= 0.6 is 38.9 Å². The van der Waals surface area contributed by atoms with Crippen LogP contribution < -0.4 is 5.01 Å². The van der Waals surface area contributed by atoms with Crippen LogP contribution in [0.15, 0.2) is 99.9 Å². The summed E-state index contributed by atoms with van der Waals surface area (Å²) in [5.74, 6) is 0.584. The molecule has 0 amide bonds. The number of hydrogen-bond donors (Lipinski definition) is 0. The lowest BCUT2D eigenvalue weighted by atomic mass is 10.0. The normalized spacial score (nSPS) is 15.6. The standard InChI is InChI=1S/C27H18BrClN4S/c28-19-6-3-5-18(15-19)24-16-23(25-9-4-14-34-25)32-33(24)27-30-22-8-2-1-7-21(22)26(31-27)17-10-12-20(29)13-11-17/h1-15,24H,16H2/t24-/m1/s1. The number of hydrazone groups is 1. The summed E-state index contributed by atoms with van der Waals surface area (Å²) in [6, 6.07) is 28.4. The van der Waals surface area contributed by atoms with E-state index in [2.05, 4.69) is 57.7 Å². The first kappa shape index (κ1) is 21.5. The molecule has 0 N–H and O–H groups in total. The molecule has 34 heavy (non-hydrogen) atoms. The number of para-hydroxylation sites is 1. The van der Waals surface area contributed by atoms with Crippen LogP contribution in [0.2, 0.25) is 5.02 Å². The highest BCUT2D eigenvalue weighted by Crippen LogP contribution is 2.38. The first-order valence-corrected chi connectivity index (χ1v) is 12.9. The summed E-state index contributed by atoms with van der Waals surface area (Å²) < 4.78 is 1.04. The minimum Gasteiger partial charge on any atom is -0.223 e. The van der Waals surface area contributed by atoms with Gasteiger partial charge in [-0.25, -0.2) is 15.0 Å². The Morgan fingerprint density at radius 3 is 2.56 bits per heavy atom. The number of hydrogen-bond acceptors (Lipinski definition) is 5. The molecule has 1 atom stereocenters. The van der Waals surface area contributed by atoms with Crippen LogP contribution in [0, 0.1) is 0 Å². The van der Waals surface area contributed by atoms with Crippen molar-refractivity contribution in [1.29, 1.82) is 0 Å². The molecule has 1 aliphatic heterocycles. The van der Waals surface area contributed by atoms with E-state index in [9.17, 15) is 0 Å². The monoisotopic (exact) mass is 544 g/mol. The Bertz CT molecular complexity index is 1520. The summed E-state index contributed by atoms with van der Waals surface area (Å²) in [7, 11) is 0. The molecule has 0 saturated heterocycles. The first-order chi connectivity index (χ1) is 16.7. The van der Waals surface area contributed by atoms with E-state index < -0.39 is 0 Å². The van der Waals surface area contributed by atoms with Gasteiger partial charge in [0.1, 0.15) is 0 Å². The highest BCUT2D eigenvalue weighted by Gasteiger charge is 2.32. The van der Waals surface area contributed by atoms with E-state index in [4.69, 9.17) is 26.7 Å². The van der Waals surface area contributed by atoms with E-state index in [1.807, 2.05) is 53.5 Å². The number of rotatable bonds is 4. The van der Waals surface area contributed by atoms with Crippen molar-refractivity contribution in [2.45, 2.75) is 12.5 Å². The number of benzene rings is 3. The average Bonchev–Trinajstić information content (AvgIpc) is 3.54. The maximum atomic E-state index is 6.16. The maximum Gasteiger partial charge on any atom is 0.247 e. The molecule has 0 saturated carbocycles. The van der Waals surface area contributed by atoms with E-state index in [1.54, 1.807) is 11.3 Å². The molecule has 1 aliphatic rings. The van der Waals surface area contributed by atoms with Crippen molar-refractivity contribution in [2.75, 3.05) is 5.01 Å². The highest BCUT2D eigenvalue weighted by molar-refractivity contribution is 9.10. The fraction of sp³-hybridized carbons (Fsp3) is 0.0741. The van der Waals surface area contributed by atoms with Crippen molar-refractivity contribution in [3.8, 4) is 11.3 Å². The van der Waals surface area contributed by atoms with Gasteiger partial charge in [0.2, 0.25) is 5.95 Å². The Morgan fingerprint density at radius 1 is 0.912 bits per heavy atom. The highest BCUT2D eigenvalue weighted by atomic mass is 79.9. The number of aromatic nitrogens is 2. The van der Waals surface area contributed by atoms with Crippen LogP contribution in [0.1, 0.15) is 22.9 Å². The van der Waals surface area contributed by atoms with Crippen LogP contribution in [0.3, 0.4) is 0 Å². The smallest absolute Gasteiger partial charge is 0.223 e. The van der Waals surface area contributed by atoms with Gasteiger partial charge in [0.05, 0.1) is 27.8 Å². The molecule has 6 rings (SSSR count). The molecule has 0 unspecified atom stereocenters. The molecule has 3 aromatic carbocycles. The molecular formula is C27H18BrClN4S. The minimum atomic E-state index is -0.00571. The van der Waals surface area contributed by atoms with E-state index in [1.165, 1.54) is 4.88 Å². The van der Waals surface area contributed by atoms with Gasteiger partial charge in [0.15, 0.2) is 0 Å². The van der Waals surface area contributed by atoms with Gasteiger partial charge in [-0.05, 0) is 47.3 Å². The van der Waals surface area contributed by atoms with Crippen molar-refractivity contribution in [3.63, 3.8) is 0 Å². The van der Waals surface area contributed by atoms with E-state index in [0.717, 1.165) is 44.3 Å². The fourth-order valence-electron chi connectivity index (χ4n) is 4.25. The average molecular weight is 546 g/mol. The van der Waals surface area contributed by atoms with Gasteiger partial charge < -0.3 is 0 Å². The fourth-order valence-corrected chi connectivity index (χ4v) is 5.52. The summed E-state index contributed by atoms with van der Waals surface area (Å²) in [6.45, 7) is 0. The Balaban J connectivity index is 1.53. The van der Waals surface area contributed by atoms with Gasteiger partial charge in [-0.15, -0.1) is 11.3 Å². The van der Waals surface area contributed by atoms with Gasteiger partial charge >= 0.3 is 0 Å². The van der Waals surface area contributed by atoms with Crippen molar-refractivity contribution >= 4 is 61.4 Å². The van der Waals surface area contributed by atoms with Crippen LogP contribution in [0.4, 0.5) is 5.95 Å². The molecule has 166 valence electrons. The van der Waals surface area contributed by atoms with Crippen LogP contribution in [0.25, 0.3) is 22.2 Å². The van der Waals surface area contributed by atoms with Gasteiger partial charge in [0.25, 0.3) is 0 Å². The first-order valence-electron chi connectivity index (χ1n) is 10.8. The van der Waals surface area contributed by atoms with Gasteiger partial charge in [-0.3, -0.25) is 0 Å². The minimum absolute atomic E-state index is 0.00571. The van der Waals surface area contributed by atoms with Crippen LogP contribution in [-0.4, -0.2) is 15.7 Å². The summed E-state index contributed by atoms with van der Waals surface area (Å²) in [6.07, 6.45) is 0.781. The number of fused-ring (bicyclic) bond motifs is 1. The third-order valence-corrected chi connectivity index (χ3v) is 7.53. The summed E-state index contributed by atoms with van der Waals surface area (Å²) in [5, 5.41) is 10.8. The summed E-state index contributed by atoms with van der Waals surface area (Å²) in [4.78, 5) is 11.2. The van der Waals surface area contributed by atoms with Crippen molar-refractivity contribution < 1.29 is 0 Å². The number of halogens is 2. The number of nitrogens with zero attached hydrogens (tertiary/aromatic N) is 4. The molecule has 2 aromatic heterocycles. The van der Waals surface area contributed by atoms with Crippen LogP contribution in [0.5, 0.6) is 0 Å². The Labute approximate surface area is 214 Å². The molecule has 7 heteroatoms. The predicted octanol–water partition coefficient (Wildman–Crippen LogP) is 8.13. The maximum absolute atomic E-state index is 6.16. The van der Waals surface area contributed by atoms with Crippen molar-refractivity contribution in [1.82, 2.24) is 9.97 Å². The van der Waals surface area contributed by atoms with Crippen molar-refractivity contribution in [3.05, 3.63) is 110 Å². The SMILES string of the molecule is Clc1ccc(-c2nc(N3N=C(c4cccs4)C[C@@H]3c3cccc(Br)c3)nc3ccccc23)cc1. The zero-order chi connectivity index (χ0) is 23.1. The molecule has 0 bridgehead atoms. The largest absolute Gasteiger partial charge is 0.247 e. The zero-order valence-electron chi connectivity index (χ0n) is 17.9. The van der Waals surface area contributed by atoms with Gasteiger partial charge in [0, 0.05) is 26.9 Å². The molecule has 0 spiro atoms. The Morgan fingerprint density at radius 2 is 1.76 bits per heavy atom. The zero-order valence-corrected chi connectivity index (χ0v) is 21.1. The molecule has 5 aromatic rings. The number of anilines is 1. The Kier molecular flexibility index (Phi) is 5.65. The lowest BCUT2D eigenvalue weighted by molar-refractivity contribution is 0.688. The quantitative estimate of drug-likeness (QED) is 0.229. The number of thiophene rings is 1. The van der Waals surface area contributed by atoms with Gasteiger partial charge in [-0.2, -0.15) is 5.10 Å². The second-order valence-corrected chi connectivity index (χ2v) is 10.3. The third-order valence-electron chi connectivity index (χ3n) is 5.86. The molecule has 0 fully saturated rings. The molecule has 4 nitrogen and oxygen atoms in total. The van der Waals surface area contributed by atoms with Crippen molar-refractivity contribution in [2.24, 2.45) is 5.10 Å². The second-order valence-electron chi connectivity index (χ2n) is 8.04. The van der Waals surface area contributed by atoms with E-state index >= 15 is 0 Å². The molecule has 0 aliphatic carbocycles. The summed E-state index contributed by atoms with van der Waals surface area (Å²) in [5.41, 5.74) is 4.94. The third kappa shape index (κ3) is 4.02.